The van der Waals surface area contributed by atoms with Crippen LogP contribution in [0, 0.1) is 47.3 Å². The van der Waals surface area contributed by atoms with Gasteiger partial charge in [-0.2, -0.15) is 0 Å². The van der Waals surface area contributed by atoms with Gasteiger partial charge in [0, 0.05) is 82.5 Å². The molecule has 4 aliphatic heterocycles. The average molecular weight is 721 g/mol. The fourth-order valence-electron chi connectivity index (χ4n) is 8.10. The zero-order chi connectivity index (χ0) is 29.4. The Morgan fingerprint density at radius 3 is 1.09 bits per heavy atom. The average Bonchev–Trinajstić information content (AvgIpc) is 3.64. The normalized spacial score (nSPS) is 33.7. The summed E-state index contributed by atoms with van der Waals surface area (Å²) in [5, 5.41) is 0. The number of hydrogen-bond acceptors (Lipinski definition) is 8. The fourth-order valence-corrected chi connectivity index (χ4v) is 19.5. The molecular weight excluding hydrogens is 689 g/mol. The number of thioether (sulfide) groups is 8. The molecule has 6 unspecified atom stereocenters. The van der Waals surface area contributed by atoms with E-state index < -0.39 is 0 Å². The van der Waals surface area contributed by atoms with Crippen LogP contribution in [0.2, 0.25) is 0 Å². The van der Waals surface area contributed by atoms with Crippen molar-refractivity contribution in [3.05, 3.63) is 76.7 Å². The summed E-state index contributed by atoms with van der Waals surface area (Å²) in [4.78, 5) is 18.3. The molecular formula is C36H32S8. The van der Waals surface area contributed by atoms with Crippen LogP contribution in [0.4, 0.5) is 0 Å². The molecule has 10 aliphatic rings. The topological polar surface area (TPSA) is 0 Å². The highest BCUT2D eigenvalue weighted by Gasteiger charge is 2.44. The number of benzene rings is 2. The molecule has 0 fully saturated rings. The van der Waals surface area contributed by atoms with Gasteiger partial charge in [0.25, 0.3) is 0 Å². The van der Waals surface area contributed by atoms with Gasteiger partial charge in [0.15, 0.2) is 0 Å². The van der Waals surface area contributed by atoms with E-state index in [2.05, 4.69) is 123 Å². The Bertz CT molecular complexity index is 1690. The predicted molar refractivity (Wildman–Crippen MR) is 199 cm³/mol. The van der Waals surface area contributed by atoms with E-state index in [1.165, 1.54) is 60.5 Å². The lowest BCUT2D eigenvalue weighted by Gasteiger charge is -2.44. The van der Waals surface area contributed by atoms with E-state index in [0.717, 1.165) is 23.7 Å². The third-order valence-electron chi connectivity index (χ3n) is 10.4. The summed E-state index contributed by atoms with van der Waals surface area (Å²) in [5.74, 6) is 5.55. The van der Waals surface area contributed by atoms with E-state index in [1.54, 1.807) is 19.6 Å². The lowest BCUT2D eigenvalue weighted by molar-refractivity contribution is 0.262. The Labute approximate surface area is 295 Å². The molecule has 0 saturated heterocycles. The molecule has 6 aliphatic carbocycles. The molecule has 0 amide bonds. The van der Waals surface area contributed by atoms with Gasteiger partial charge in [-0.25, -0.2) is 0 Å². The Balaban J connectivity index is 0.901. The Kier molecular flexibility index (Phi) is 7.04. The molecule has 6 atom stereocenters. The molecule has 4 heterocycles. The van der Waals surface area contributed by atoms with Crippen molar-refractivity contribution >= 4 is 94.1 Å². The van der Waals surface area contributed by atoms with Crippen molar-refractivity contribution < 1.29 is 0 Å². The number of allylic oxidation sites excluding steroid dienone is 8. The quantitative estimate of drug-likeness (QED) is 0.278. The maximum absolute atomic E-state index is 2.53. The molecule has 0 aromatic heterocycles. The van der Waals surface area contributed by atoms with Gasteiger partial charge in [-0.1, -0.05) is 146 Å². The van der Waals surface area contributed by atoms with Crippen molar-refractivity contribution in [2.24, 2.45) is 47.3 Å². The molecule has 44 heavy (non-hydrogen) atoms. The van der Waals surface area contributed by atoms with Crippen molar-refractivity contribution in [3.8, 4) is 0 Å². The van der Waals surface area contributed by atoms with E-state index in [-0.39, 0.29) is 0 Å². The van der Waals surface area contributed by atoms with Crippen LogP contribution < -0.4 is 0 Å². The van der Waals surface area contributed by atoms with E-state index in [0.29, 0.717) is 23.7 Å². The fraction of sp³-hybridized carbons (Fsp3) is 0.389. The maximum atomic E-state index is 2.53. The summed E-state index contributed by atoms with van der Waals surface area (Å²) in [6.45, 7) is 9.67. The molecule has 0 spiro atoms. The first kappa shape index (κ1) is 28.9. The minimum Gasteiger partial charge on any atom is -0.0918 e. The third-order valence-corrected chi connectivity index (χ3v) is 21.7. The molecule has 0 radical (unpaired) electrons. The second kappa shape index (κ2) is 10.7. The Morgan fingerprint density at radius 2 is 0.750 bits per heavy atom. The molecule has 0 N–H and O–H groups in total. The Hall–Kier alpha value is -0.0600. The van der Waals surface area contributed by atoms with Crippen LogP contribution >= 0.6 is 94.1 Å². The van der Waals surface area contributed by atoms with Crippen molar-refractivity contribution in [1.82, 2.24) is 0 Å². The van der Waals surface area contributed by atoms with E-state index in [4.69, 9.17) is 0 Å². The first-order chi connectivity index (χ1) is 21.4. The minimum atomic E-state index is 0.615. The molecule has 0 saturated carbocycles. The van der Waals surface area contributed by atoms with Gasteiger partial charge >= 0.3 is 0 Å². The smallest absolute Gasteiger partial charge is 0.0706 e. The minimum absolute atomic E-state index is 0.615. The van der Waals surface area contributed by atoms with Crippen LogP contribution in [0.25, 0.3) is 0 Å². The van der Waals surface area contributed by atoms with Gasteiger partial charge in [0.05, 0.1) is 8.47 Å². The molecule has 2 aromatic rings. The third kappa shape index (κ3) is 4.43. The zero-order valence-electron chi connectivity index (χ0n) is 24.9. The van der Waals surface area contributed by atoms with E-state index >= 15 is 0 Å². The second-order valence-corrected chi connectivity index (χ2v) is 22.7. The highest BCUT2D eigenvalue weighted by molar-refractivity contribution is 8.30. The van der Waals surface area contributed by atoms with Crippen LogP contribution in [0.15, 0.2) is 116 Å². The zero-order valence-corrected chi connectivity index (χ0v) is 31.4. The summed E-state index contributed by atoms with van der Waals surface area (Å²) in [6, 6.07) is 10.0. The summed E-state index contributed by atoms with van der Waals surface area (Å²) >= 11 is 16.4. The lowest BCUT2D eigenvalue weighted by Crippen LogP contribution is -2.32. The van der Waals surface area contributed by atoms with Crippen LogP contribution in [-0.4, -0.2) is 0 Å². The highest BCUT2D eigenvalue weighted by Crippen LogP contribution is 2.67. The predicted octanol–water partition coefficient (Wildman–Crippen LogP) is 13.7. The summed E-state index contributed by atoms with van der Waals surface area (Å²) in [6.07, 6.45) is 12.8. The van der Waals surface area contributed by atoms with Gasteiger partial charge < -0.3 is 0 Å². The molecule has 4 bridgehead atoms. The van der Waals surface area contributed by atoms with Crippen LogP contribution in [-0.2, 0) is 0 Å². The largest absolute Gasteiger partial charge is 0.0918 e. The van der Waals surface area contributed by atoms with Crippen molar-refractivity contribution in [2.75, 3.05) is 0 Å². The molecule has 8 heteroatoms. The standard InChI is InChI=1S/C36H32S8/c1-15(2)21-9-17-5-7-19(21)33-31(17)37-23-11-27-29(13-25(23)39-33)43-35(41-27)36-42-28-12-24-26(14-30(28)44-36)40-34-20-8-6-18(32(34)38-24)10-22(20)16(3)4/h5-8,11-22H,9-10H2,1-4H3. The SMILES string of the molecule is CC(C)C1CC2C=CC1C1=C2Sc2cc3c(cc2S1)SC(=C1Sc2cc4c(cc2S1)SC1=C(S4)C2C=CC1C(C(C)C)C2)S3. The maximum Gasteiger partial charge on any atom is 0.0706 e. The van der Waals surface area contributed by atoms with Gasteiger partial charge in [-0.3, -0.25) is 0 Å². The molecule has 224 valence electrons. The van der Waals surface area contributed by atoms with Crippen LogP contribution in [0.1, 0.15) is 40.5 Å². The number of fused-ring (bicyclic) bond motifs is 6. The molecule has 0 nitrogen and oxygen atoms in total. The highest BCUT2D eigenvalue weighted by atomic mass is 32.2. The van der Waals surface area contributed by atoms with Crippen LogP contribution in [0.3, 0.4) is 0 Å². The van der Waals surface area contributed by atoms with Gasteiger partial charge in [-0.05, 0) is 60.8 Å². The summed E-state index contributed by atoms with van der Waals surface area (Å²) in [7, 11) is 0. The first-order valence-corrected chi connectivity index (χ1v) is 22.3. The van der Waals surface area contributed by atoms with Gasteiger partial charge in [0.1, 0.15) is 0 Å². The lowest BCUT2D eigenvalue weighted by atomic mass is 9.69. The van der Waals surface area contributed by atoms with Crippen LogP contribution in [0.5, 0.6) is 0 Å². The monoisotopic (exact) mass is 720 g/mol. The van der Waals surface area contributed by atoms with E-state index in [9.17, 15) is 0 Å². The number of hydrogen-bond donors (Lipinski definition) is 0. The van der Waals surface area contributed by atoms with E-state index in [1.807, 2.05) is 47.0 Å². The van der Waals surface area contributed by atoms with Gasteiger partial charge in [-0.15, -0.1) is 0 Å². The van der Waals surface area contributed by atoms with Crippen molar-refractivity contribution in [1.29, 1.82) is 0 Å². The van der Waals surface area contributed by atoms with Crippen molar-refractivity contribution in [3.63, 3.8) is 0 Å². The van der Waals surface area contributed by atoms with Crippen molar-refractivity contribution in [2.45, 2.75) is 79.7 Å². The first-order valence-electron chi connectivity index (χ1n) is 15.8. The summed E-state index contributed by atoms with van der Waals surface area (Å²) in [5.41, 5.74) is 0. The van der Waals surface area contributed by atoms with Gasteiger partial charge in [0.2, 0.25) is 0 Å². The number of rotatable bonds is 2. The summed E-state index contributed by atoms with van der Waals surface area (Å²) < 4.78 is 2.95. The second-order valence-electron chi connectivity index (χ2n) is 13.7. The molecule has 12 rings (SSSR count). The Morgan fingerprint density at radius 1 is 0.432 bits per heavy atom. The molecule has 2 aromatic carbocycles.